The Hall–Kier alpha value is -3.91. The Morgan fingerprint density at radius 3 is 1.57 bits per heavy atom. The van der Waals surface area contributed by atoms with Crippen molar-refractivity contribution in [2.24, 2.45) is 0 Å². The molecule has 1 aromatic heterocycles. The van der Waals surface area contributed by atoms with E-state index < -0.39 is 11.9 Å². The number of pyridine rings is 1. The van der Waals surface area contributed by atoms with E-state index >= 15 is 0 Å². The Kier molecular flexibility index (Phi) is 18.7. The van der Waals surface area contributed by atoms with Crippen LogP contribution in [0.25, 0.3) is 0 Å². The molecule has 0 spiro atoms. The van der Waals surface area contributed by atoms with E-state index in [9.17, 15) is 9.59 Å². The summed E-state index contributed by atoms with van der Waals surface area (Å²) in [6.45, 7) is 9.27. The van der Waals surface area contributed by atoms with E-state index in [1.165, 1.54) is 11.8 Å². The van der Waals surface area contributed by atoms with Crippen molar-refractivity contribution in [2.75, 3.05) is 97.8 Å². The summed E-state index contributed by atoms with van der Waals surface area (Å²) >= 11 is 0. The molecule has 0 saturated heterocycles. The van der Waals surface area contributed by atoms with Gasteiger partial charge in [-0.1, -0.05) is 24.3 Å². The van der Waals surface area contributed by atoms with Crippen LogP contribution in [-0.2, 0) is 37.9 Å². The van der Waals surface area contributed by atoms with E-state index in [1.807, 2.05) is 37.3 Å². The Morgan fingerprint density at radius 2 is 1.04 bits per heavy atom. The summed E-state index contributed by atoms with van der Waals surface area (Å²) in [4.78, 5) is 28.3. The molecule has 3 rings (SSSR count). The first-order chi connectivity index (χ1) is 23.1. The highest BCUT2D eigenvalue weighted by Gasteiger charge is 2.13. The lowest BCUT2D eigenvalue weighted by atomic mass is 10.1. The molecule has 0 aliphatic carbocycles. The zero-order valence-corrected chi connectivity index (χ0v) is 27.3. The Morgan fingerprint density at radius 1 is 0.553 bits per heavy atom. The third kappa shape index (κ3) is 15.5. The van der Waals surface area contributed by atoms with Gasteiger partial charge >= 0.3 is 11.9 Å². The summed E-state index contributed by atoms with van der Waals surface area (Å²) in [5, 5.41) is 3.35. The molecular weight excluding hydrogens is 608 g/mol. The average Bonchev–Trinajstić information content (AvgIpc) is 3.09. The van der Waals surface area contributed by atoms with Crippen LogP contribution in [0.3, 0.4) is 0 Å². The van der Waals surface area contributed by atoms with Crippen molar-refractivity contribution in [3.63, 3.8) is 0 Å². The van der Waals surface area contributed by atoms with E-state index in [0.29, 0.717) is 89.5 Å². The van der Waals surface area contributed by atoms with E-state index in [1.54, 1.807) is 24.4 Å². The second-order valence-electron chi connectivity index (χ2n) is 10.1. The number of benzene rings is 2. The first kappa shape index (κ1) is 37.5. The fourth-order valence-electron chi connectivity index (χ4n) is 4.03. The smallest absolute Gasteiger partial charge is 0.340 e. The van der Waals surface area contributed by atoms with Gasteiger partial charge in [0.05, 0.1) is 96.1 Å². The Balaban J connectivity index is 1.06. The number of esters is 2. The molecule has 0 aliphatic rings. The predicted molar refractivity (Wildman–Crippen MR) is 175 cm³/mol. The molecule has 1 N–H and O–H groups in total. The molecule has 256 valence electrons. The van der Waals surface area contributed by atoms with E-state index in [-0.39, 0.29) is 19.8 Å². The van der Waals surface area contributed by atoms with Crippen molar-refractivity contribution in [2.45, 2.75) is 13.8 Å². The van der Waals surface area contributed by atoms with E-state index in [4.69, 9.17) is 37.9 Å². The van der Waals surface area contributed by atoms with Crippen LogP contribution in [0, 0.1) is 13.8 Å². The second kappa shape index (κ2) is 23.4. The SMILES string of the molecule is Cc1cccc(Nc2ccccc2C(=O)OCCOCCOCCOCCOCCOCCOCCOC(=O)c2cccnc2)c1C. The van der Waals surface area contributed by atoms with E-state index in [2.05, 4.69) is 23.3 Å². The third-order valence-corrected chi connectivity index (χ3v) is 6.70. The third-order valence-electron chi connectivity index (χ3n) is 6.70. The maximum Gasteiger partial charge on any atom is 0.340 e. The molecule has 1 heterocycles. The number of ether oxygens (including phenoxy) is 8. The van der Waals surface area contributed by atoms with Crippen LogP contribution in [0.5, 0.6) is 0 Å². The Bertz CT molecular complexity index is 1310. The van der Waals surface area contributed by atoms with Crippen molar-refractivity contribution in [1.29, 1.82) is 0 Å². The van der Waals surface area contributed by atoms with Crippen LogP contribution in [-0.4, -0.2) is 109 Å². The van der Waals surface area contributed by atoms with Gasteiger partial charge in [0.2, 0.25) is 0 Å². The number of aryl methyl sites for hydroxylation is 1. The number of hydrogen-bond donors (Lipinski definition) is 1. The zero-order valence-electron chi connectivity index (χ0n) is 27.3. The van der Waals surface area contributed by atoms with Gasteiger partial charge in [0.25, 0.3) is 0 Å². The minimum atomic E-state index is -0.425. The fraction of sp³-hybridized carbons (Fsp3) is 0.457. The molecular formula is C35H46N2O10. The highest BCUT2D eigenvalue weighted by atomic mass is 16.6. The van der Waals surface area contributed by atoms with Crippen LogP contribution in [0.15, 0.2) is 67.0 Å². The molecule has 0 bridgehead atoms. The lowest BCUT2D eigenvalue weighted by Gasteiger charge is -2.14. The van der Waals surface area contributed by atoms with Crippen LogP contribution in [0.1, 0.15) is 31.8 Å². The van der Waals surface area contributed by atoms with Crippen LogP contribution < -0.4 is 5.32 Å². The number of rotatable bonds is 25. The average molecular weight is 655 g/mol. The minimum absolute atomic E-state index is 0.144. The standard InChI is InChI=1S/C35H46N2O10/c1-28-7-5-11-32(29(28)2)37-33-10-4-3-9-31(33)35(39)47-26-24-45-22-20-43-18-16-41-14-13-40-15-17-42-19-21-44-23-25-46-34(38)30-8-6-12-36-27-30/h3-12,27,37H,13-26H2,1-2H3. The van der Waals surface area contributed by atoms with Crippen molar-refractivity contribution in [3.05, 3.63) is 89.2 Å². The van der Waals surface area contributed by atoms with Gasteiger partial charge in [-0.05, 0) is 55.3 Å². The number of hydrogen-bond acceptors (Lipinski definition) is 12. The summed E-state index contributed by atoms with van der Waals surface area (Å²) < 4.78 is 43.3. The quantitative estimate of drug-likeness (QED) is 0.101. The van der Waals surface area contributed by atoms with Crippen LogP contribution in [0.4, 0.5) is 11.4 Å². The first-order valence-corrected chi connectivity index (χ1v) is 15.7. The summed E-state index contributed by atoms with van der Waals surface area (Å²) in [7, 11) is 0. The zero-order chi connectivity index (χ0) is 33.4. The summed E-state index contributed by atoms with van der Waals surface area (Å²) in [5.41, 5.74) is 4.81. The molecule has 3 aromatic rings. The van der Waals surface area contributed by atoms with Crippen molar-refractivity contribution in [3.8, 4) is 0 Å². The van der Waals surface area contributed by atoms with Gasteiger partial charge in [0.15, 0.2) is 0 Å². The lowest BCUT2D eigenvalue weighted by Crippen LogP contribution is -2.16. The highest BCUT2D eigenvalue weighted by molar-refractivity contribution is 5.96. The van der Waals surface area contributed by atoms with Crippen molar-refractivity contribution < 1.29 is 47.5 Å². The molecule has 12 heteroatoms. The van der Waals surface area contributed by atoms with Gasteiger partial charge in [0, 0.05) is 18.1 Å². The molecule has 0 fully saturated rings. The first-order valence-electron chi connectivity index (χ1n) is 15.7. The molecule has 0 unspecified atom stereocenters. The highest BCUT2D eigenvalue weighted by Crippen LogP contribution is 2.25. The maximum atomic E-state index is 12.7. The van der Waals surface area contributed by atoms with Crippen LogP contribution >= 0.6 is 0 Å². The van der Waals surface area contributed by atoms with Gasteiger partial charge < -0.3 is 43.2 Å². The summed E-state index contributed by atoms with van der Waals surface area (Å²) in [6.07, 6.45) is 3.05. The molecule has 0 aliphatic heterocycles. The number of anilines is 2. The van der Waals surface area contributed by atoms with Crippen LogP contribution in [0.2, 0.25) is 0 Å². The summed E-state index contributed by atoms with van der Waals surface area (Å²) in [5.74, 6) is -0.834. The van der Waals surface area contributed by atoms with E-state index in [0.717, 1.165) is 11.3 Å². The van der Waals surface area contributed by atoms with Gasteiger partial charge in [-0.2, -0.15) is 0 Å². The maximum absolute atomic E-state index is 12.7. The number of carbonyl (C=O) groups is 2. The molecule has 0 amide bonds. The minimum Gasteiger partial charge on any atom is -0.460 e. The van der Waals surface area contributed by atoms with Gasteiger partial charge in [-0.3, -0.25) is 4.98 Å². The number of carbonyl (C=O) groups excluding carboxylic acids is 2. The van der Waals surface area contributed by atoms with Gasteiger partial charge in [-0.25, -0.2) is 9.59 Å². The van der Waals surface area contributed by atoms with Crippen molar-refractivity contribution >= 4 is 23.3 Å². The number of nitrogens with one attached hydrogen (secondary N) is 1. The molecule has 12 nitrogen and oxygen atoms in total. The lowest BCUT2D eigenvalue weighted by molar-refractivity contribution is -0.0213. The molecule has 0 radical (unpaired) electrons. The number of nitrogens with zero attached hydrogens (tertiary/aromatic N) is 1. The van der Waals surface area contributed by atoms with Crippen molar-refractivity contribution in [1.82, 2.24) is 4.98 Å². The topological polar surface area (TPSA) is 133 Å². The molecule has 2 aromatic carbocycles. The molecule has 47 heavy (non-hydrogen) atoms. The number of para-hydroxylation sites is 1. The van der Waals surface area contributed by atoms with Gasteiger partial charge in [0.1, 0.15) is 13.2 Å². The van der Waals surface area contributed by atoms with Gasteiger partial charge in [-0.15, -0.1) is 0 Å². The summed E-state index contributed by atoms with van der Waals surface area (Å²) in [6, 6.07) is 16.6. The second-order valence-corrected chi connectivity index (χ2v) is 10.1. The Labute approximate surface area is 276 Å². The normalized spacial score (nSPS) is 10.9. The molecule has 0 saturated carbocycles. The number of aromatic nitrogens is 1. The molecule has 0 atom stereocenters. The predicted octanol–water partition coefficient (Wildman–Crippen LogP) is 4.56. The largest absolute Gasteiger partial charge is 0.460 e. The monoisotopic (exact) mass is 654 g/mol. The fourth-order valence-corrected chi connectivity index (χ4v) is 4.03.